The van der Waals surface area contributed by atoms with Gasteiger partial charge >= 0.3 is 0 Å². The van der Waals surface area contributed by atoms with Gasteiger partial charge in [0.25, 0.3) is 0 Å². The molecule has 2 aromatic heterocycles. The van der Waals surface area contributed by atoms with E-state index in [1.54, 1.807) is 6.20 Å². The van der Waals surface area contributed by atoms with Gasteiger partial charge in [0.05, 0.1) is 11.8 Å². The lowest BCUT2D eigenvalue weighted by Crippen LogP contribution is -2.21. The van der Waals surface area contributed by atoms with E-state index in [1.807, 2.05) is 25.3 Å². The molecule has 5 nitrogen and oxygen atoms in total. The molecule has 5 heteroatoms. The number of hydrogen-bond acceptors (Lipinski definition) is 5. The number of rotatable bonds is 4. The van der Waals surface area contributed by atoms with Crippen molar-refractivity contribution in [1.29, 1.82) is 0 Å². The van der Waals surface area contributed by atoms with Crippen LogP contribution in [-0.4, -0.2) is 39.3 Å². The molecule has 3 heterocycles. The van der Waals surface area contributed by atoms with E-state index in [9.17, 15) is 5.11 Å². The van der Waals surface area contributed by atoms with Gasteiger partial charge in [-0.2, -0.15) is 0 Å². The van der Waals surface area contributed by atoms with Gasteiger partial charge in [0, 0.05) is 50.4 Å². The minimum atomic E-state index is -0.308. The highest BCUT2D eigenvalue weighted by atomic mass is 16.5. The quantitative estimate of drug-likeness (QED) is 0.912. The Morgan fingerprint density at radius 2 is 2.35 bits per heavy atom. The summed E-state index contributed by atoms with van der Waals surface area (Å²) in [4.78, 5) is 6.38. The third-order valence-corrected chi connectivity index (χ3v) is 3.75. The van der Waals surface area contributed by atoms with Gasteiger partial charge in [0.2, 0.25) is 0 Å². The summed E-state index contributed by atoms with van der Waals surface area (Å²) in [5.41, 5.74) is 2.07. The molecule has 0 aliphatic carbocycles. The van der Waals surface area contributed by atoms with Crippen molar-refractivity contribution in [3.63, 3.8) is 0 Å². The maximum absolute atomic E-state index is 10.2. The normalized spacial score (nSPS) is 23.3. The Balaban J connectivity index is 1.59. The van der Waals surface area contributed by atoms with Crippen LogP contribution in [0.3, 0.4) is 0 Å². The number of likely N-dealkylation sites (tertiary alicyclic amines) is 1. The maximum Gasteiger partial charge on any atom is 0.137 e. The van der Waals surface area contributed by atoms with Crippen LogP contribution in [0.5, 0.6) is 0 Å². The summed E-state index contributed by atoms with van der Waals surface area (Å²) in [5, 5.41) is 14.1. The number of aliphatic hydroxyl groups excluding tert-OH is 1. The van der Waals surface area contributed by atoms with Crippen molar-refractivity contribution in [2.75, 3.05) is 13.1 Å². The zero-order chi connectivity index (χ0) is 13.9. The highest BCUT2D eigenvalue weighted by molar-refractivity contribution is 5.09. The van der Waals surface area contributed by atoms with Crippen LogP contribution in [0, 0.1) is 12.8 Å². The molecule has 20 heavy (non-hydrogen) atoms. The van der Waals surface area contributed by atoms with Crippen molar-refractivity contribution in [1.82, 2.24) is 15.0 Å². The summed E-state index contributed by atoms with van der Waals surface area (Å²) in [5.74, 6) is 1.06. The maximum atomic E-state index is 10.2. The van der Waals surface area contributed by atoms with E-state index < -0.39 is 0 Å². The molecule has 0 saturated carbocycles. The minimum Gasteiger partial charge on any atom is -0.391 e. The first-order valence-electron chi connectivity index (χ1n) is 6.92. The fourth-order valence-electron chi connectivity index (χ4n) is 2.79. The van der Waals surface area contributed by atoms with E-state index in [-0.39, 0.29) is 12.0 Å². The van der Waals surface area contributed by atoms with Crippen LogP contribution in [0.4, 0.5) is 0 Å². The SMILES string of the molecule is Cc1cc(C[C@@H]2CN(Cc3cccnc3)C[C@@H]2O)on1. The van der Waals surface area contributed by atoms with Crippen molar-refractivity contribution in [3.05, 3.63) is 47.6 Å². The second-order valence-electron chi connectivity index (χ2n) is 5.52. The standard InChI is InChI=1S/C15H19N3O2/c1-11-5-14(20-17-11)6-13-9-18(10-15(13)19)8-12-3-2-4-16-7-12/h2-5,7,13,15,19H,6,8-10H2,1H3/t13-,15+/m1/s1. The molecule has 1 saturated heterocycles. The van der Waals surface area contributed by atoms with Crippen LogP contribution >= 0.6 is 0 Å². The van der Waals surface area contributed by atoms with E-state index >= 15 is 0 Å². The van der Waals surface area contributed by atoms with Crippen molar-refractivity contribution < 1.29 is 9.63 Å². The second kappa shape index (κ2) is 5.73. The van der Waals surface area contributed by atoms with Crippen molar-refractivity contribution >= 4 is 0 Å². The summed E-state index contributed by atoms with van der Waals surface area (Å²) < 4.78 is 5.24. The van der Waals surface area contributed by atoms with Gasteiger partial charge in [-0.05, 0) is 18.6 Å². The Morgan fingerprint density at radius 1 is 1.45 bits per heavy atom. The lowest BCUT2D eigenvalue weighted by Gasteiger charge is -2.14. The first kappa shape index (κ1) is 13.3. The molecule has 0 amide bonds. The molecule has 0 unspecified atom stereocenters. The summed E-state index contributed by atoms with van der Waals surface area (Å²) in [6, 6.07) is 5.94. The van der Waals surface area contributed by atoms with Gasteiger partial charge in [-0.1, -0.05) is 11.2 Å². The Kier molecular flexibility index (Phi) is 3.80. The Bertz CT molecular complexity index is 555. The molecule has 106 valence electrons. The number of pyridine rings is 1. The predicted molar refractivity (Wildman–Crippen MR) is 74.0 cm³/mol. The summed E-state index contributed by atoms with van der Waals surface area (Å²) in [6.45, 7) is 4.31. The van der Waals surface area contributed by atoms with Gasteiger partial charge in [-0.15, -0.1) is 0 Å². The molecule has 3 rings (SSSR count). The van der Waals surface area contributed by atoms with Gasteiger partial charge in [0.15, 0.2) is 0 Å². The van der Waals surface area contributed by atoms with Crippen molar-refractivity contribution in [2.24, 2.45) is 5.92 Å². The van der Waals surface area contributed by atoms with Crippen LogP contribution < -0.4 is 0 Å². The Hall–Kier alpha value is -1.72. The van der Waals surface area contributed by atoms with E-state index in [0.717, 1.165) is 31.0 Å². The molecule has 0 spiro atoms. The topological polar surface area (TPSA) is 62.4 Å². The zero-order valence-corrected chi connectivity index (χ0v) is 11.6. The molecule has 1 N–H and O–H groups in total. The van der Waals surface area contributed by atoms with Crippen LogP contribution in [-0.2, 0) is 13.0 Å². The molecular weight excluding hydrogens is 254 g/mol. The van der Waals surface area contributed by atoms with Crippen LogP contribution in [0.25, 0.3) is 0 Å². The molecule has 1 fully saturated rings. The zero-order valence-electron chi connectivity index (χ0n) is 11.6. The predicted octanol–water partition coefficient (Wildman–Crippen LogP) is 1.41. The first-order valence-corrected chi connectivity index (χ1v) is 6.92. The molecular formula is C15H19N3O2. The smallest absolute Gasteiger partial charge is 0.137 e. The average molecular weight is 273 g/mol. The molecule has 2 atom stereocenters. The third kappa shape index (κ3) is 3.05. The number of aryl methyl sites for hydroxylation is 1. The van der Waals surface area contributed by atoms with Crippen LogP contribution in [0.1, 0.15) is 17.0 Å². The van der Waals surface area contributed by atoms with Gasteiger partial charge in [-0.25, -0.2) is 0 Å². The monoisotopic (exact) mass is 273 g/mol. The molecule has 0 bridgehead atoms. The van der Waals surface area contributed by atoms with Crippen LogP contribution in [0.15, 0.2) is 35.1 Å². The second-order valence-corrected chi connectivity index (χ2v) is 5.52. The minimum absolute atomic E-state index is 0.207. The summed E-state index contributed by atoms with van der Waals surface area (Å²) in [7, 11) is 0. The van der Waals surface area contributed by atoms with Gasteiger partial charge in [-0.3, -0.25) is 9.88 Å². The van der Waals surface area contributed by atoms with Gasteiger partial charge < -0.3 is 9.63 Å². The Morgan fingerprint density at radius 3 is 3.05 bits per heavy atom. The van der Waals surface area contributed by atoms with Gasteiger partial charge in [0.1, 0.15) is 5.76 Å². The third-order valence-electron chi connectivity index (χ3n) is 3.75. The number of β-amino-alcohol motifs (C(OH)–C–C–N with tert-alkyl or cyclic N) is 1. The summed E-state index contributed by atoms with van der Waals surface area (Å²) in [6.07, 6.45) is 4.08. The van der Waals surface area contributed by atoms with E-state index in [2.05, 4.69) is 21.1 Å². The Labute approximate surface area is 118 Å². The average Bonchev–Trinajstić information content (AvgIpc) is 2.98. The summed E-state index contributed by atoms with van der Waals surface area (Å²) >= 11 is 0. The number of aromatic nitrogens is 2. The largest absolute Gasteiger partial charge is 0.391 e. The molecule has 0 radical (unpaired) electrons. The van der Waals surface area contributed by atoms with E-state index in [1.165, 1.54) is 5.56 Å². The number of hydrogen-bond donors (Lipinski definition) is 1. The molecule has 1 aliphatic rings. The molecule has 1 aliphatic heterocycles. The number of nitrogens with zero attached hydrogens (tertiary/aromatic N) is 3. The first-order chi connectivity index (χ1) is 9.70. The number of aliphatic hydroxyl groups is 1. The lowest BCUT2D eigenvalue weighted by atomic mass is 10.0. The fraction of sp³-hybridized carbons (Fsp3) is 0.467. The van der Waals surface area contributed by atoms with Crippen molar-refractivity contribution in [3.8, 4) is 0 Å². The molecule has 2 aromatic rings. The lowest BCUT2D eigenvalue weighted by molar-refractivity contribution is 0.137. The van der Waals surface area contributed by atoms with Crippen molar-refractivity contribution in [2.45, 2.75) is 26.0 Å². The van der Waals surface area contributed by atoms with E-state index in [4.69, 9.17) is 4.52 Å². The van der Waals surface area contributed by atoms with E-state index in [0.29, 0.717) is 6.54 Å². The highest BCUT2D eigenvalue weighted by Crippen LogP contribution is 2.23. The van der Waals surface area contributed by atoms with Crippen LogP contribution in [0.2, 0.25) is 0 Å². The highest BCUT2D eigenvalue weighted by Gasteiger charge is 2.32. The fourth-order valence-corrected chi connectivity index (χ4v) is 2.79. The molecule has 0 aromatic carbocycles.